The summed E-state index contributed by atoms with van der Waals surface area (Å²) in [6.45, 7) is 4.18. The summed E-state index contributed by atoms with van der Waals surface area (Å²) in [5.74, 6) is 0.366. The first-order valence-electron chi connectivity index (χ1n) is 8.13. The van der Waals surface area contributed by atoms with Crippen LogP contribution in [0.15, 0.2) is 35.8 Å². The molecule has 0 aliphatic carbocycles. The van der Waals surface area contributed by atoms with E-state index in [0.717, 1.165) is 11.4 Å². The fraction of sp³-hybridized carbons (Fsp3) is 0.389. The minimum absolute atomic E-state index is 0.0221. The number of hydrogen-bond acceptors (Lipinski definition) is 5. The molecule has 0 bridgehead atoms. The second-order valence-corrected chi connectivity index (χ2v) is 7.22. The molecule has 2 rings (SSSR count). The predicted octanol–water partition coefficient (Wildman–Crippen LogP) is 2.28. The average molecular weight is 360 g/mol. The molecule has 2 heterocycles. The third kappa shape index (κ3) is 5.03. The van der Waals surface area contributed by atoms with Crippen molar-refractivity contribution in [3.8, 4) is 0 Å². The number of carbonyl (C=O) groups excluding carboxylic acids is 2. The lowest BCUT2D eigenvalue weighted by Crippen LogP contribution is -2.49. The lowest BCUT2D eigenvalue weighted by Gasteiger charge is -2.22. The van der Waals surface area contributed by atoms with Crippen molar-refractivity contribution in [2.45, 2.75) is 26.4 Å². The molecular formula is C18H24N4O2S. The zero-order valence-electron chi connectivity index (χ0n) is 14.9. The Kier molecular flexibility index (Phi) is 6.52. The molecule has 2 amide bonds. The molecule has 2 aromatic heterocycles. The van der Waals surface area contributed by atoms with Crippen molar-refractivity contribution in [1.29, 1.82) is 0 Å². The number of carbonyl (C=O) groups is 2. The first-order chi connectivity index (χ1) is 11.9. The number of nitrogens with zero attached hydrogens (tertiary/aromatic N) is 2. The molecule has 6 nitrogen and oxygen atoms in total. The average Bonchev–Trinajstić information content (AvgIpc) is 3.12. The van der Waals surface area contributed by atoms with Gasteiger partial charge in [-0.2, -0.15) is 0 Å². The SMILES string of the molecule is CC(C)C(NC(=O)c1cccs1)C(=O)NCc1cccnc1N(C)C. The van der Waals surface area contributed by atoms with Crippen molar-refractivity contribution >= 4 is 29.0 Å². The van der Waals surface area contributed by atoms with Gasteiger partial charge in [-0.15, -0.1) is 11.3 Å². The van der Waals surface area contributed by atoms with E-state index in [9.17, 15) is 9.59 Å². The summed E-state index contributed by atoms with van der Waals surface area (Å²) in [6.07, 6.45) is 1.72. The van der Waals surface area contributed by atoms with Gasteiger partial charge in [-0.25, -0.2) is 4.98 Å². The third-order valence-corrected chi connectivity index (χ3v) is 4.59. The van der Waals surface area contributed by atoms with Gasteiger partial charge in [0.05, 0.1) is 4.88 Å². The van der Waals surface area contributed by atoms with Gasteiger partial charge in [-0.3, -0.25) is 9.59 Å². The summed E-state index contributed by atoms with van der Waals surface area (Å²) in [5, 5.41) is 7.57. The van der Waals surface area contributed by atoms with E-state index in [1.807, 2.05) is 56.4 Å². The van der Waals surface area contributed by atoms with Crippen LogP contribution in [-0.2, 0) is 11.3 Å². The number of pyridine rings is 1. The molecule has 1 unspecified atom stereocenters. The van der Waals surface area contributed by atoms with E-state index in [0.29, 0.717) is 11.4 Å². The van der Waals surface area contributed by atoms with Crippen molar-refractivity contribution in [2.24, 2.45) is 5.92 Å². The summed E-state index contributed by atoms with van der Waals surface area (Å²) in [7, 11) is 3.82. The molecule has 2 N–H and O–H groups in total. The molecular weight excluding hydrogens is 336 g/mol. The molecule has 0 spiro atoms. The van der Waals surface area contributed by atoms with Gasteiger partial charge in [0, 0.05) is 32.4 Å². The van der Waals surface area contributed by atoms with Gasteiger partial charge in [-0.05, 0) is 23.4 Å². The molecule has 7 heteroatoms. The van der Waals surface area contributed by atoms with E-state index in [4.69, 9.17) is 0 Å². The van der Waals surface area contributed by atoms with E-state index in [-0.39, 0.29) is 17.7 Å². The predicted molar refractivity (Wildman–Crippen MR) is 101 cm³/mol. The number of aromatic nitrogens is 1. The summed E-state index contributed by atoms with van der Waals surface area (Å²) < 4.78 is 0. The molecule has 2 aromatic rings. The largest absolute Gasteiger partial charge is 0.362 e. The van der Waals surface area contributed by atoms with Gasteiger partial charge in [0.25, 0.3) is 5.91 Å². The van der Waals surface area contributed by atoms with Crippen LogP contribution in [0.4, 0.5) is 5.82 Å². The quantitative estimate of drug-likeness (QED) is 0.794. The van der Waals surface area contributed by atoms with E-state index in [2.05, 4.69) is 15.6 Å². The highest BCUT2D eigenvalue weighted by Gasteiger charge is 2.25. The van der Waals surface area contributed by atoms with Crippen molar-refractivity contribution < 1.29 is 9.59 Å². The van der Waals surface area contributed by atoms with E-state index in [1.165, 1.54) is 11.3 Å². The molecule has 0 aromatic carbocycles. The second-order valence-electron chi connectivity index (χ2n) is 6.27. The summed E-state index contributed by atoms with van der Waals surface area (Å²) in [4.78, 5) is 31.7. The Morgan fingerprint density at radius 1 is 1.24 bits per heavy atom. The van der Waals surface area contributed by atoms with Gasteiger partial charge >= 0.3 is 0 Å². The van der Waals surface area contributed by atoms with Crippen LogP contribution in [0.2, 0.25) is 0 Å². The molecule has 0 saturated carbocycles. The molecule has 0 aliphatic rings. The maximum atomic E-state index is 12.6. The summed E-state index contributed by atoms with van der Waals surface area (Å²) in [6, 6.07) is 6.74. The number of rotatable bonds is 7. The van der Waals surface area contributed by atoms with Crippen molar-refractivity contribution in [1.82, 2.24) is 15.6 Å². The fourth-order valence-electron chi connectivity index (χ4n) is 2.42. The Bertz CT molecular complexity index is 714. The van der Waals surface area contributed by atoms with Gasteiger partial charge in [0.1, 0.15) is 11.9 Å². The molecule has 0 aliphatic heterocycles. The topological polar surface area (TPSA) is 74.3 Å². The smallest absolute Gasteiger partial charge is 0.262 e. The third-order valence-electron chi connectivity index (χ3n) is 3.72. The summed E-state index contributed by atoms with van der Waals surface area (Å²) >= 11 is 1.35. The second kappa shape index (κ2) is 8.62. The van der Waals surface area contributed by atoms with Crippen LogP contribution in [0.25, 0.3) is 0 Å². The van der Waals surface area contributed by atoms with Crippen molar-refractivity contribution in [2.75, 3.05) is 19.0 Å². The van der Waals surface area contributed by atoms with E-state index in [1.54, 1.807) is 12.3 Å². The number of amides is 2. The Morgan fingerprint density at radius 2 is 2.00 bits per heavy atom. The fourth-order valence-corrected chi connectivity index (χ4v) is 3.05. The highest BCUT2D eigenvalue weighted by atomic mass is 32.1. The molecule has 25 heavy (non-hydrogen) atoms. The van der Waals surface area contributed by atoms with Crippen LogP contribution in [-0.4, -0.2) is 36.9 Å². The minimum Gasteiger partial charge on any atom is -0.362 e. The van der Waals surface area contributed by atoms with Crippen LogP contribution in [0.1, 0.15) is 29.1 Å². The normalized spacial score (nSPS) is 11.9. The number of hydrogen-bond donors (Lipinski definition) is 2. The van der Waals surface area contributed by atoms with Gasteiger partial charge in [0.2, 0.25) is 5.91 Å². The zero-order chi connectivity index (χ0) is 18.4. The van der Waals surface area contributed by atoms with Crippen LogP contribution < -0.4 is 15.5 Å². The van der Waals surface area contributed by atoms with Crippen molar-refractivity contribution in [3.05, 3.63) is 46.3 Å². The van der Waals surface area contributed by atoms with E-state index < -0.39 is 6.04 Å². The zero-order valence-corrected chi connectivity index (χ0v) is 15.8. The first-order valence-corrected chi connectivity index (χ1v) is 9.01. The molecule has 0 saturated heterocycles. The number of nitrogens with one attached hydrogen (secondary N) is 2. The minimum atomic E-state index is -0.589. The standard InChI is InChI=1S/C18H24N4O2S/c1-12(2)15(21-17(23)14-8-6-10-25-14)18(24)20-11-13-7-5-9-19-16(13)22(3)4/h5-10,12,15H,11H2,1-4H3,(H,20,24)(H,21,23). The van der Waals surface area contributed by atoms with Gasteiger partial charge in [0.15, 0.2) is 0 Å². The Labute approximate surface area is 152 Å². The molecule has 134 valence electrons. The maximum absolute atomic E-state index is 12.6. The highest BCUT2D eigenvalue weighted by molar-refractivity contribution is 7.12. The maximum Gasteiger partial charge on any atom is 0.262 e. The van der Waals surface area contributed by atoms with Crippen LogP contribution in [0.3, 0.4) is 0 Å². The lowest BCUT2D eigenvalue weighted by atomic mass is 10.0. The lowest BCUT2D eigenvalue weighted by molar-refractivity contribution is -0.124. The monoisotopic (exact) mass is 360 g/mol. The van der Waals surface area contributed by atoms with Crippen LogP contribution in [0, 0.1) is 5.92 Å². The molecule has 1 atom stereocenters. The first kappa shape index (κ1) is 18.9. The molecule has 0 fully saturated rings. The summed E-state index contributed by atoms with van der Waals surface area (Å²) in [5.41, 5.74) is 0.924. The Balaban J connectivity index is 2.02. The van der Waals surface area contributed by atoms with E-state index >= 15 is 0 Å². The Morgan fingerprint density at radius 3 is 2.60 bits per heavy atom. The molecule has 0 radical (unpaired) electrons. The Hall–Kier alpha value is -2.41. The number of thiophene rings is 1. The number of anilines is 1. The van der Waals surface area contributed by atoms with Crippen molar-refractivity contribution in [3.63, 3.8) is 0 Å². The van der Waals surface area contributed by atoms with Crippen LogP contribution >= 0.6 is 11.3 Å². The van der Waals surface area contributed by atoms with Crippen LogP contribution in [0.5, 0.6) is 0 Å². The van der Waals surface area contributed by atoms with Gasteiger partial charge < -0.3 is 15.5 Å². The van der Waals surface area contributed by atoms with Gasteiger partial charge in [-0.1, -0.05) is 26.0 Å². The highest BCUT2D eigenvalue weighted by Crippen LogP contribution is 2.14.